The van der Waals surface area contributed by atoms with Crippen molar-refractivity contribution in [3.05, 3.63) is 0 Å². The van der Waals surface area contributed by atoms with Gasteiger partial charge in [-0.2, -0.15) is 0 Å². The van der Waals surface area contributed by atoms with Crippen molar-refractivity contribution in [2.24, 2.45) is 0 Å². The van der Waals surface area contributed by atoms with Crippen LogP contribution in [0.3, 0.4) is 0 Å². The molecule has 0 fully saturated rings. The van der Waals surface area contributed by atoms with Crippen molar-refractivity contribution in [3.63, 3.8) is 0 Å². The summed E-state index contributed by atoms with van der Waals surface area (Å²) in [6.07, 6.45) is 11.2. The molecule has 0 bridgehead atoms. The lowest BCUT2D eigenvalue weighted by Gasteiger charge is -2.09. The number of esters is 1. The Morgan fingerprint density at radius 1 is 0.326 bits per heavy atom. The van der Waals surface area contributed by atoms with Crippen LogP contribution < -0.4 is 0 Å². The van der Waals surface area contributed by atoms with Crippen molar-refractivity contribution < 1.29 is 52.2 Å². The van der Waals surface area contributed by atoms with Crippen molar-refractivity contribution in [1.82, 2.24) is 0 Å². The van der Waals surface area contributed by atoms with Crippen LogP contribution in [0.5, 0.6) is 0 Å². The minimum atomic E-state index is -0.155. The van der Waals surface area contributed by atoms with E-state index in [0.29, 0.717) is 119 Å². The molecule has 0 rings (SSSR count). The lowest BCUT2D eigenvalue weighted by atomic mass is 10.1. The van der Waals surface area contributed by atoms with E-state index in [9.17, 15) is 4.79 Å². The highest BCUT2D eigenvalue weighted by Crippen LogP contribution is 2.04. The zero-order chi connectivity index (χ0) is 31.2. The zero-order valence-electron chi connectivity index (χ0n) is 27.5. The maximum absolute atomic E-state index is 11.4. The Balaban J connectivity index is 3.06. The van der Waals surface area contributed by atoms with Gasteiger partial charge in [-0.25, -0.2) is 0 Å². The molecule has 43 heavy (non-hydrogen) atoms. The van der Waals surface area contributed by atoms with E-state index < -0.39 is 0 Å². The summed E-state index contributed by atoms with van der Waals surface area (Å²) in [6, 6.07) is 0. The van der Waals surface area contributed by atoms with Gasteiger partial charge in [0.25, 0.3) is 0 Å². The molecule has 0 aliphatic heterocycles. The van der Waals surface area contributed by atoms with E-state index in [2.05, 4.69) is 13.8 Å². The van der Waals surface area contributed by atoms with E-state index >= 15 is 0 Å². The third-order valence-corrected chi connectivity index (χ3v) is 6.09. The Morgan fingerprint density at radius 2 is 0.605 bits per heavy atom. The smallest absolute Gasteiger partial charge is 0.305 e. The van der Waals surface area contributed by atoms with Crippen LogP contribution in [-0.2, 0) is 52.2 Å². The van der Waals surface area contributed by atoms with Gasteiger partial charge >= 0.3 is 5.97 Å². The average molecular weight is 625 g/mol. The second-order valence-electron chi connectivity index (χ2n) is 9.96. The molecule has 258 valence electrons. The van der Waals surface area contributed by atoms with Gasteiger partial charge in [0, 0.05) is 13.0 Å². The molecule has 0 amide bonds. The summed E-state index contributed by atoms with van der Waals surface area (Å²) in [7, 11) is 0. The van der Waals surface area contributed by atoms with Gasteiger partial charge in [0.15, 0.2) is 0 Å². The van der Waals surface area contributed by atoms with Crippen molar-refractivity contribution in [2.45, 2.75) is 78.1 Å². The molecule has 0 heterocycles. The molecule has 0 aromatic rings. The average Bonchev–Trinajstić information content (AvgIpc) is 3.01. The number of ether oxygens (including phenoxy) is 10. The van der Waals surface area contributed by atoms with Crippen LogP contribution in [0.1, 0.15) is 78.1 Å². The summed E-state index contributed by atoms with van der Waals surface area (Å²) in [6.45, 7) is 14.3. The normalized spacial score (nSPS) is 11.4. The molecule has 0 aliphatic carbocycles. The first-order valence-corrected chi connectivity index (χ1v) is 16.7. The maximum atomic E-state index is 11.4. The second kappa shape index (κ2) is 39.1. The summed E-state index contributed by atoms with van der Waals surface area (Å²) in [4.78, 5) is 11.4. The maximum Gasteiger partial charge on any atom is 0.305 e. The summed E-state index contributed by atoms with van der Waals surface area (Å²) >= 11 is 0. The van der Waals surface area contributed by atoms with Crippen LogP contribution in [0, 0.1) is 0 Å². The molecule has 0 aromatic heterocycles. The molecule has 0 N–H and O–H groups in total. The Kier molecular flexibility index (Phi) is 38.3. The van der Waals surface area contributed by atoms with Gasteiger partial charge in [0.2, 0.25) is 0 Å². The molecular formula is C32H64O11. The Morgan fingerprint density at radius 3 is 0.977 bits per heavy atom. The lowest BCUT2D eigenvalue weighted by molar-refractivity contribution is -0.145. The first-order valence-electron chi connectivity index (χ1n) is 16.7. The van der Waals surface area contributed by atoms with E-state index in [4.69, 9.17) is 47.4 Å². The van der Waals surface area contributed by atoms with Crippen molar-refractivity contribution >= 4 is 5.97 Å². The molecule has 11 nitrogen and oxygen atoms in total. The van der Waals surface area contributed by atoms with E-state index in [-0.39, 0.29) is 12.6 Å². The Bertz CT molecular complexity index is 526. The summed E-state index contributed by atoms with van der Waals surface area (Å²) in [5, 5.41) is 0. The van der Waals surface area contributed by atoms with Crippen LogP contribution in [0.4, 0.5) is 0 Å². The Hall–Kier alpha value is -0.890. The van der Waals surface area contributed by atoms with Crippen molar-refractivity contribution in [2.75, 3.05) is 126 Å². The SMILES string of the molecule is CCCCCCCCOCCOCCOCCOCCOCCOCCOCCOCCOCCOC(=O)CCCCC. The molecule has 0 aromatic carbocycles. The van der Waals surface area contributed by atoms with Gasteiger partial charge in [0.1, 0.15) is 6.61 Å². The largest absolute Gasteiger partial charge is 0.463 e. The highest BCUT2D eigenvalue weighted by Gasteiger charge is 2.02. The van der Waals surface area contributed by atoms with Crippen molar-refractivity contribution in [1.29, 1.82) is 0 Å². The van der Waals surface area contributed by atoms with Crippen LogP contribution in [0.15, 0.2) is 0 Å². The predicted molar refractivity (Wildman–Crippen MR) is 166 cm³/mol. The lowest BCUT2D eigenvalue weighted by Crippen LogP contribution is -2.15. The molecule has 0 atom stereocenters. The van der Waals surface area contributed by atoms with Gasteiger partial charge < -0.3 is 47.4 Å². The van der Waals surface area contributed by atoms with E-state index in [1.165, 1.54) is 32.1 Å². The van der Waals surface area contributed by atoms with Gasteiger partial charge in [-0.15, -0.1) is 0 Å². The predicted octanol–water partition coefficient (Wildman–Crippen LogP) is 4.62. The minimum Gasteiger partial charge on any atom is -0.463 e. The van der Waals surface area contributed by atoms with E-state index in [1.54, 1.807) is 0 Å². The third-order valence-electron chi connectivity index (χ3n) is 6.09. The molecular weight excluding hydrogens is 560 g/mol. The highest BCUT2D eigenvalue weighted by atomic mass is 16.6. The third kappa shape index (κ3) is 39.1. The number of hydrogen-bond donors (Lipinski definition) is 0. The van der Waals surface area contributed by atoms with Crippen molar-refractivity contribution in [3.8, 4) is 0 Å². The summed E-state index contributed by atoms with van der Waals surface area (Å²) < 4.78 is 54.4. The van der Waals surface area contributed by atoms with Gasteiger partial charge in [0.05, 0.1) is 112 Å². The van der Waals surface area contributed by atoms with Crippen LogP contribution >= 0.6 is 0 Å². The highest BCUT2D eigenvalue weighted by molar-refractivity contribution is 5.69. The van der Waals surface area contributed by atoms with Crippen LogP contribution in [0.25, 0.3) is 0 Å². The minimum absolute atomic E-state index is 0.155. The van der Waals surface area contributed by atoms with Crippen LogP contribution in [-0.4, -0.2) is 132 Å². The molecule has 0 saturated heterocycles. The molecule has 0 unspecified atom stereocenters. The molecule has 0 saturated carbocycles. The monoisotopic (exact) mass is 624 g/mol. The second-order valence-corrected chi connectivity index (χ2v) is 9.96. The Labute approximate surface area is 261 Å². The molecule has 0 radical (unpaired) electrons. The quantitative estimate of drug-likeness (QED) is 0.0709. The number of carbonyl (C=O) groups is 1. The number of rotatable bonds is 38. The van der Waals surface area contributed by atoms with Gasteiger partial charge in [-0.1, -0.05) is 58.8 Å². The van der Waals surface area contributed by atoms with E-state index in [1.807, 2.05) is 0 Å². The van der Waals surface area contributed by atoms with Crippen LogP contribution in [0.2, 0.25) is 0 Å². The first kappa shape index (κ1) is 42.1. The number of hydrogen-bond acceptors (Lipinski definition) is 11. The van der Waals surface area contributed by atoms with Gasteiger partial charge in [-0.05, 0) is 12.8 Å². The molecule has 11 heteroatoms. The van der Waals surface area contributed by atoms with Gasteiger partial charge in [-0.3, -0.25) is 4.79 Å². The summed E-state index contributed by atoms with van der Waals surface area (Å²) in [5.41, 5.74) is 0. The zero-order valence-corrected chi connectivity index (χ0v) is 27.5. The number of unbranched alkanes of at least 4 members (excludes halogenated alkanes) is 7. The first-order chi connectivity index (χ1) is 21.3. The molecule has 0 aliphatic rings. The topological polar surface area (TPSA) is 109 Å². The fourth-order valence-corrected chi connectivity index (χ4v) is 3.65. The number of carbonyl (C=O) groups excluding carboxylic acids is 1. The fourth-order valence-electron chi connectivity index (χ4n) is 3.65. The standard InChI is InChI=1S/C32H64O11/c1-3-5-7-8-9-11-13-34-14-15-35-16-17-36-18-19-37-20-21-38-22-23-39-24-25-40-26-27-41-28-29-42-30-31-43-32(33)12-10-6-4-2/h3-31H2,1-2H3. The van der Waals surface area contributed by atoms with E-state index in [0.717, 1.165) is 32.3 Å². The fraction of sp³-hybridized carbons (Fsp3) is 0.969. The molecule has 0 spiro atoms. The summed E-state index contributed by atoms with van der Waals surface area (Å²) in [5.74, 6) is -0.155.